The fraction of sp³-hybridized carbons (Fsp3) is 0.222. The van der Waals surface area contributed by atoms with Gasteiger partial charge >= 0.3 is 0 Å². The van der Waals surface area contributed by atoms with E-state index in [0.717, 1.165) is 50.5 Å². The Morgan fingerprint density at radius 3 is 2.51 bits per heavy atom. The van der Waals surface area contributed by atoms with Gasteiger partial charge in [-0.1, -0.05) is 64.9 Å². The zero-order chi connectivity index (χ0) is 24.8. The normalized spacial score (nSPS) is 10.9. The molecule has 6 nitrogen and oxygen atoms in total. The Bertz CT molecular complexity index is 1310. The van der Waals surface area contributed by atoms with Gasteiger partial charge in [0.15, 0.2) is 5.16 Å². The summed E-state index contributed by atoms with van der Waals surface area (Å²) in [7, 11) is 1.64. The number of aryl methyl sites for hydroxylation is 2. The van der Waals surface area contributed by atoms with Crippen LogP contribution >= 0.6 is 27.7 Å². The number of nitrogens with one attached hydrogen (secondary N) is 1. The van der Waals surface area contributed by atoms with Crippen molar-refractivity contribution in [1.82, 2.24) is 14.8 Å². The molecule has 0 unspecified atom stereocenters. The van der Waals surface area contributed by atoms with Crippen molar-refractivity contribution in [2.45, 2.75) is 31.8 Å². The lowest BCUT2D eigenvalue weighted by Crippen LogP contribution is -2.17. The molecule has 0 fully saturated rings. The number of nitrogens with zero attached hydrogens (tertiary/aromatic N) is 3. The van der Waals surface area contributed by atoms with Gasteiger partial charge in [-0.15, -0.1) is 10.2 Å². The first-order chi connectivity index (χ1) is 17.0. The fourth-order valence-corrected chi connectivity index (χ4v) is 5.24. The van der Waals surface area contributed by atoms with E-state index in [0.29, 0.717) is 11.6 Å². The molecule has 8 heteroatoms. The summed E-state index contributed by atoms with van der Waals surface area (Å²) in [5.74, 6) is 1.72. The first-order valence-corrected chi connectivity index (χ1v) is 13.1. The van der Waals surface area contributed by atoms with Gasteiger partial charge in [0, 0.05) is 22.3 Å². The minimum atomic E-state index is -0.0796. The second-order valence-corrected chi connectivity index (χ2v) is 9.90. The van der Waals surface area contributed by atoms with Crippen molar-refractivity contribution >= 4 is 39.3 Å². The number of carbonyl (C=O) groups excluding carboxylic acids is 1. The van der Waals surface area contributed by atoms with E-state index in [1.165, 1.54) is 11.8 Å². The van der Waals surface area contributed by atoms with Crippen molar-refractivity contribution < 1.29 is 9.53 Å². The van der Waals surface area contributed by atoms with Crippen LogP contribution in [0.1, 0.15) is 29.4 Å². The van der Waals surface area contributed by atoms with Gasteiger partial charge in [0.2, 0.25) is 5.91 Å². The molecule has 0 aliphatic heterocycles. The molecule has 0 saturated carbocycles. The number of thioether (sulfide) groups is 1. The van der Waals surface area contributed by atoms with Crippen LogP contribution < -0.4 is 10.1 Å². The number of aromatic nitrogens is 3. The zero-order valence-electron chi connectivity index (χ0n) is 19.9. The van der Waals surface area contributed by atoms with Gasteiger partial charge in [-0.2, -0.15) is 0 Å². The molecular weight excluding hydrogens is 524 g/mol. The van der Waals surface area contributed by atoms with Gasteiger partial charge in [0.1, 0.15) is 11.6 Å². The number of benzene rings is 3. The van der Waals surface area contributed by atoms with E-state index in [9.17, 15) is 4.79 Å². The first-order valence-electron chi connectivity index (χ1n) is 11.3. The third-order valence-corrected chi connectivity index (χ3v) is 6.98. The topological polar surface area (TPSA) is 69.0 Å². The highest BCUT2D eigenvalue weighted by molar-refractivity contribution is 9.10. The average molecular weight is 552 g/mol. The lowest BCUT2D eigenvalue weighted by Gasteiger charge is -2.14. The highest BCUT2D eigenvalue weighted by Crippen LogP contribution is 2.28. The molecule has 1 aromatic heterocycles. The smallest absolute Gasteiger partial charge is 0.234 e. The summed E-state index contributed by atoms with van der Waals surface area (Å²) in [6.45, 7) is 4.08. The van der Waals surface area contributed by atoms with E-state index < -0.39 is 0 Å². The lowest BCUT2D eigenvalue weighted by atomic mass is 10.1. The summed E-state index contributed by atoms with van der Waals surface area (Å²) in [4.78, 5) is 12.9. The number of anilines is 1. The molecule has 4 aromatic rings. The zero-order valence-corrected chi connectivity index (χ0v) is 22.3. The van der Waals surface area contributed by atoms with Crippen LogP contribution in [-0.2, 0) is 17.6 Å². The van der Waals surface area contributed by atoms with Crippen molar-refractivity contribution in [2.75, 3.05) is 18.2 Å². The van der Waals surface area contributed by atoms with Crippen molar-refractivity contribution in [3.05, 3.63) is 93.7 Å². The number of rotatable bonds is 9. The third-order valence-electron chi connectivity index (χ3n) is 5.60. The van der Waals surface area contributed by atoms with E-state index in [1.807, 2.05) is 66.1 Å². The van der Waals surface area contributed by atoms with Crippen LogP contribution in [0.2, 0.25) is 0 Å². The quantitative estimate of drug-likeness (QED) is 0.250. The Kier molecular flexibility index (Phi) is 8.25. The number of carbonyl (C=O) groups is 1. The second kappa shape index (κ2) is 11.6. The average Bonchev–Trinajstić information content (AvgIpc) is 3.27. The molecule has 0 spiro atoms. The molecule has 35 heavy (non-hydrogen) atoms. The Labute approximate surface area is 218 Å². The Morgan fingerprint density at radius 1 is 1.09 bits per heavy atom. The van der Waals surface area contributed by atoms with E-state index in [-0.39, 0.29) is 11.7 Å². The molecule has 3 aromatic carbocycles. The summed E-state index contributed by atoms with van der Waals surface area (Å²) in [5.41, 5.74) is 5.06. The monoisotopic (exact) mass is 550 g/mol. The van der Waals surface area contributed by atoms with Crippen LogP contribution in [0.5, 0.6) is 5.75 Å². The van der Waals surface area contributed by atoms with Crippen molar-refractivity contribution in [1.29, 1.82) is 0 Å². The Hall–Kier alpha value is -3.10. The van der Waals surface area contributed by atoms with Crippen molar-refractivity contribution in [3.63, 3.8) is 0 Å². The number of hydrogen-bond donors (Lipinski definition) is 1. The van der Waals surface area contributed by atoms with Crippen LogP contribution in [0.25, 0.3) is 5.69 Å². The molecular formula is C27H27BrN4O2S. The largest absolute Gasteiger partial charge is 0.497 e. The predicted molar refractivity (Wildman–Crippen MR) is 145 cm³/mol. The minimum absolute atomic E-state index is 0.0796. The number of hydrogen-bond acceptors (Lipinski definition) is 5. The van der Waals surface area contributed by atoms with Crippen molar-refractivity contribution in [3.8, 4) is 11.4 Å². The van der Waals surface area contributed by atoms with Crippen molar-refractivity contribution in [2.24, 2.45) is 0 Å². The maximum absolute atomic E-state index is 12.9. The summed E-state index contributed by atoms with van der Waals surface area (Å²) >= 11 is 4.91. The lowest BCUT2D eigenvalue weighted by molar-refractivity contribution is -0.113. The molecule has 180 valence electrons. The second-order valence-electron chi connectivity index (χ2n) is 8.04. The number of amides is 1. The van der Waals surface area contributed by atoms with Gasteiger partial charge < -0.3 is 10.1 Å². The van der Waals surface area contributed by atoms with Crippen LogP contribution in [0, 0.1) is 6.92 Å². The molecule has 1 amide bonds. The van der Waals surface area contributed by atoms with Gasteiger partial charge in [-0.25, -0.2) is 0 Å². The molecule has 4 rings (SSSR count). The summed E-state index contributed by atoms with van der Waals surface area (Å²) in [5, 5.41) is 12.7. The molecule has 0 saturated heterocycles. The first kappa shape index (κ1) is 25.0. The van der Waals surface area contributed by atoms with Gasteiger partial charge in [0.05, 0.1) is 12.9 Å². The molecule has 0 aliphatic rings. The SMILES string of the molecule is CCc1cc(Br)cc(C)c1NC(=O)CSc1nnc(Cc2ccccc2)n1-c1ccc(OC)cc1. The van der Waals surface area contributed by atoms with Crippen LogP contribution in [0.15, 0.2) is 76.4 Å². The molecule has 0 atom stereocenters. The van der Waals surface area contributed by atoms with E-state index in [2.05, 4.69) is 50.5 Å². The Morgan fingerprint density at radius 2 is 1.83 bits per heavy atom. The van der Waals surface area contributed by atoms with Gasteiger partial charge in [-0.3, -0.25) is 9.36 Å². The standard InChI is InChI=1S/C27H27BrN4O2S/c1-4-20-16-21(28)14-18(2)26(20)29-25(33)17-35-27-31-30-24(15-19-8-6-5-7-9-19)32(27)22-10-12-23(34-3)13-11-22/h5-14,16H,4,15,17H2,1-3H3,(H,29,33). The molecule has 0 bridgehead atoms. The highest BCUT2D eigenvalue weighted by Gasteiger charge is 2.17. The van der Waals surface area contributed by atoms with E-state index in [1.54, 1.807) is 7.11 Å². The maximum atomic E-state index is 12.9. The van der Waals surface area contributed by atoms with Gasteiger partial charge in [0.25, 0.3) is 0 Å². The maximum Gasteiger partial charge on any atom is 0.234 e. The van der Waals surface area contributed by atoms with E-state index >= 15 is 0 Å². The minimum Gasteiger partial charge on any atom is -0.497 e. The number of halogens is 1. The Balaban J connectivity index is 1.57. The molecule has 0 aliphatic carbocycles. The number of methoxy groups -OCH3 is 1. The molecule has 1 N–H and O–H groups in total. The fourth-order valence-electron chi connectivity index (χ4n) is 3.85. The predicted octanol–water partition coefficient (Wildman–Crippen LogP) is 6.23. The highest BCUT2D eigenvalue weighted by atomic mass is 79.9. The molecule has 1 heterocycles. The van der Waals surface area contributed by atoms with Crippen LogP contribution in [-0.4, -0.2) is 33.5 Å². The number of ether oxygens (including phenoxy) is 1. The summed E-state index contributed by atoms with van der Waals surface area (Å²) in [6, 6.07) is 22.0. The van der Waals surface area contributed by atoms with Crippen LogP contribution in [0.3, 0.4) is 0 Å². The third kappa shape index (κ3) is 6.13. The van der Waals surface area contributed by atoms with E-state index in [4.69, 9.17) is 4.74 Å². The molecule has 0 radical (unpaired) electrons. The van der Waals surface area contributed by atoms with Crippen LogP contribution in [0.4, 0.5) is 5.69 Å². The summed E-state index contributed by atoms with van der Waals surface area (Å²) in [6.07, 6.45) is 1.46. The summed E-state index contributed by atoms with van der Waals surface area (Å²) < 4.78 is 8.33. The van der Waals surface area contributed by atoms with Gasteiger partial charge in [-0.05, 0) is 66.4 Å².